The van der Waals surface area contributed by atoms with Gasteiger partial charge in [-0.2, -0.15) is 8.78 Å². The van der Waals surface area contributed by atoms with Crippen molar-refractivity contribution in [2.75, 3.05) is 19.8 Å². The van der Waals surface area contributed by atoms with Crippen LogP contribution in [0.15, 0.2) is 41.3 Å². The van der Waals surface area contributed by atoms with E-state index in [1.807, 2.05) is 0 Å². The number of ether oxygens (including phenoxy) is 3. The van der Waals surface area contributed by atoms with Gasteiger partial charge in [-0.1, -0.05) is 24.6 Å². The molecule has 0 saturated carbocycles. The molecule has 0 bridgehead atoms. The summed E-state index contributed by atoms with van der Waals surface area (Å²) >= 11 is 6.04. The van der Waals surface area contributed by atoms with Crippen LogP contribution in [0.5, 0.6) is 5.75 Å². The number of rotatable bonds is 11. The predicted octanol–water partition coefficient (Wildman–Crippen LogP) is 4.41. The second-order valence-electron chi connectivity index (χ2n) is 9.80. The molecule has 2 atom stereocenters. The van der Waals surface area contributed by atoms with Crippen molar-refractivity contribution in [3.05, 3.63) is 75.2 Å². The van der Waals surface area contributed by atoms with E-state index in [-0.39, 0.29) is 17.9 Å². The summed E-state index contributed by atoms with van der Waals surface area (Å²) < 4.78 is 71.9. The van der Waals surface area contributed by atoms with Gasteiger partial charge in [-0.15, -0.1) is 0 Å². The minimum absolute atomic E-state index is 0.0255. The highest BCUT2D eigenvalue weighted by Gasteiger charge is 2.31. The summed E-state index contributed by atoms with van der Waals surface area (Å²) in [5.41, 5.74) is -0.536. The van der Waals surface area contributed by atoms with Crippen molar-refractivity contribution in [3.63, 3.8) is 0 Å². The highest BCUT2D eigenvalue weighted by atomic mass is 35.5. The van der Waals surface area contributed by atoms with Crippen LogP contribution >= 0.6 is 11.6 Å². The van der Waals surface area contributed by atoms with Crippen molar-refractivity contribution in [1.29, 1.82) is 0 Å². The van der Waals surface area contributed by atoms with Crippen molar-refractivity contribution in [2.45, 2.75) is 50.8 Å². The molecule has 0 aliphatic carbocycles. The van der Waals surface area contributed by atoms with Crippen molar-refractivity contribution < 1.29 is 46.2 Å². The first kappa shape index (κ1) is 32.0. The SMILES string of the molecule is CC[C@@H](C(=O)NC(CC(=O)OC1CCOCC1)C(=O)COc1c(F)c(F)cc(F)c1F)n1ccc2ccc(Cl)cc2c1=O. The number of amides is 1. The molecule has 9 nitrogen and oxygen atoms in total. The van der Waals surface area contributed by atoms with Crippen LogP contribution in [0.3, 0.4) is 0 Å². The highest BCUT2D eigenvalue weighted by Crippen LogP contribution is 2.26. The number of nitrogens with one attached hydrogen (secondary N) is 1. The van der Waals surface area contributed by atoms with E-state index in [1.54, 1.807) is 25.1 Å². The van der Waals surface area contributed by atoms with Crippen LogP contribution in [-0.4, -0.2) is 54.2 Å². The van der Waals surface area contributed by atoms with Crippen molar-refractivity contribution in [1.82, 2.24) is 9.88 Å². The first-order chi connectivity index (χ1) is 20.5. The lowest BCUT2D eigenvalue weighted by Crippen LogP contribution is -2.48. The fraction of sp³-hybridized carbons (Fsp3) is 0.379. The molecule has 2 heterocycles. The van der Waals surface area contributed by atoms with E-state index in [2.05, 4.69) is 5.32 Å². The summed E-state index contributed by atoms with van der Waals surface area (Å²) in [5.74, 6) is -11.5. The van der Waals surface area contributed by atoms with Crippen LogP contribution in [0, 0.1) is 23.3 Å². The highest BCUT2D eigenvalue weighted by molar-refractivity contribution is 6.31. The Kier molecular flexibility index (Phi) is 10.4. The third kappa shape index (κ3) is 7.52. The Morgan fingerprint density at radius 2 is 1.74 bits per heavy atom. The Morgan fingerprint density at radius 3 is 2.40 bits per heavy atom. The number of carbonyl (C=O) groups is 3. The number of hydrogen-bond acceptors (Lipinski definition) is 7. The topological polar surface area (TPSA) is 113 Å². The fourth-order valence-electron chi connectivity index (χ4n) is 4.61. The molecule has 4 rings (SSSR count). The average Bonchev–Trinajstić information content (AvgIpc) is 2.98. The zero-order chi connectivity index (χ0) is 31.3. The summed E-state index contributed by atoms with van der Waals surface area (Å²) in [5, 5.41) is 3.52. The van der Waals surface area contributed by atoms with Gasteiger partial charge in [0.05, 0.1) is 19.6 Å². The van der Waals surface area contributed by atoms with E-state index < -0.39 is 83.5 Å². The van der Waals surface area contributed by atoms with Gasteiger partial charge in [-0.3, -0.25) is 19.2 Å². The van der Waals surface area contributed by atoms with Gasteiger partial charge in [0.1, 0.15) is 24.8 Å². The normalized spacial score (nSPS) is 15.1. The van der Waals surface area contributed by atoms with E-state index in [9.17, 15) is 36.7 Å². The van der Waals surface area contributed by atoms with E-state index in [4.69, 9.17) is 25.8 Å². The lowest BCUT2D eigenvalue weighted by Gasteiger charge is -2.25. The number of halogens is 5. The molecule has 230 valence electrons. The van der Waals surface area contributed by atoms with Crippen LogP contribution < -0.4 is 15.6 Å². The first-order valence-corrected chi connectivity index (χ1v) is 13.7. The molecular weight excluding hydrogens is 600 g/mol. The molecule has 14 heteroatoms. The molecular formula is C29H27ClF4N2O7. The standard InChI is InChI=1S/C29H27ClF4N2O7/c1-2-22(36-8-5-15-3-4-16(30)11-18(15)29(36)40)28(39)35-21(13-24(38)43-17-6-9-41-10-7-17)23(37)14-42-27-25(33)19(31)12-20(32)26(27)34/h3-5,8,11-12,17,21-22H,2,6-7,9-10,13-14H2,1H3,(H,35,39)/t21?,22-/m0/s1. The molecule has 43 heavy (non-hydrogen) atoms. The molecule has 1 unspecified atom stereocenters. The third-order valence-electron chi connectivity index (χ3n) is 6.89. The molecule has 0 spiro atoms. The maximum atomic E-state index is 14.1. The van der Waals surface area contributed by atoms with Gasteiger partial charge in [0.2, 0.25) is 17.5 Å². The van der Waals surface area contributed by atoms with Gasteiger partial charge >= 0.3 is 5.97 Å². The number of nitrogens with zero attached hydrogens (tertiary/aromatic N) is 1. The summed E-state index contributed by atoms with van der Waals surface area (Å²) in [4.78, 5) is 52.5. The quantitative estimate of drug-likeness (QED) is 0.191. The summed E-state index contributed by atoms with van der Waals surface area (Å²) in [6.07, 6.45) is 1.11. The number of pyridine rings is 1. The molecule has 1 aliphatic heterocycles. The van der Waals surface area contributed by atoms with Gasteiger partial charge in [0.25, 0.3) is 5.56 Å². The van der Waals surface area contributed by atoms with Crippen LogP contribution in [-0.2, 0) is 23.9 Å². The van der Waals surface area contributed by atoms with Crippen LogP contribution in [0.2, 0.25) is 5.02 Å². The Morgan fingerprint density at radius 1 is 1.07 bits per heavy atom. The van der Waals surface area contributed by atoms with Crippen LogP contribution in [0.25, 0.3) is 10.8 Å². The average molecular weight is 627 g/mol. The van der Waals surface area contributed by atoms with Gasteiger partial charge in [-0.25, -0.2) is 8.78 Å². The zero-order valence-corrected chi connectivity index (χ0v) is 23.6. The first-order valence-electron chi connectivity index (χ1n) is 13.4. The minimum Gasteiger partial charge on any atom is -0.479 e. The summed E-state index contributed by atoms with van der Waals surface area (Å²) in [6, 6.07) is 3.47. The number of Topliss-reactive ketones (excluding diaryl/α,β-unsaturated/α-hetero) is 1. The number of carbonyl (C=O) groups excluding carboxylic acids is 3. The van der Waals surface area contributed by atoms with E-state index in [1.165, 1.54) is 12.3 Å². The molecule has 1 N–H and O–H groups in total. The maximum absolute atomic E-state index is 14.1. The van der Waals surface area contributed by atoms with Crippen molar-refractivity contribution >= 4 is 40.0 Å². The van der Waals surface area contributed by atoms with Gasteiger partial charge < -0.3 is 24.1 Å². The molecule has 1 saturated heterocycles. The van der Waals surface area contributed by atoms with Crippen LogP contribution in [0.1, 0.15) is 38.6 Å². The van der Waals surface area contributed by atoms with Gasteiger partial charge in [-0.05, 0) is 30.0 Å². The number of benzene rings is 2. The molecule has 1 aliphatic rings. The molecule has 1 amide bonds. The number of esters is 1. The summed E-state index contributed by atoms with van der Waals surface area (Å²) in [7, 11) is 0. The zero-order valence-electron chi connectivity index (χ0n) is 22.8. The van der Waals surface area contributed by atoms with E-state index in [0.717, 1.165) is 4.57 Å². The second-order valence-corrected chi connectivity index (χ2v) is 10.2. The van der Waals surface area contributed by atoms with Crippen molar-refractivity contribution in [3.8, 4) is 5.75 Å². The smallest absolute Gasteiger partial charge is 0.308 e. The van der Waals surface area contributed by atoms with Crippen LogP contribution in [0.4, 0.5) is 17.6 Å². The molecule has 1 aromatic heterocycles. The number of fused-ring (bicyclic) bond motifs is 1. The third-order valence-corrected chi connectivity index (χ3v) is 7.13. The number of ketones is 1. The molecule has 2 aromatic carbocycles. The number of hydrogen-bond donors (Lipinski definition) is 1. The monoisotopic (exact) mass is 626 g/mol. The Bertz CT molecular complexity index is 1570. The Labute approximate surface area is 247 Å². The molecule has 0 radical (unpaired) electrons. The van der Waals surface area contributed by atoms with Gasteiger partial charge in [0.15, 0.2) is 23.2 Å². The summed E-state index contributed by atoms with van der Waals surface area (Å²) in [6.45, 7) is 1.16. The maximum Gasteiger partial charge on any atom is 0.308 e. The lowest BCUT2D eigenvalue weighted by molar-refractivity contribution is -0.155. The van der Waals surface area contributed by atoms with Crippen molar-refractivity contribution in [2.24, 2.45) is 0 Å². The second kappa shape index (κ2) is 14.0. The molecule has 3 aromatic rings. The largest absolute Gasteiger partial charge is 0.479 e. The lowest BCUT2D eigenvalue weighted by atomic mass is 10.1. The minimum atomic E-state index is -1.87. The van der Waals surface area contributed by atoms with E-state index in [0.29, 0.717) is 36.5 Å². The number of aromatic nitrogens is 1. The van der Waals surface area contributed by atoms with E-state index >= 15 is 0 Å². The Hall–Kier alpha value is -3.97. The fourth-order valence-corrected chi connectivity index (χ4v) is 4.78. The molecule has 1 fully saturated rings. The predicted molar refractivity (Wildman–Crippen MR) is 146 cm³/mol. The Balaban J connectivity index is 1.57. The van der Waals surface area contributed by atoms with Gasteiger partial charge in [0, 0.05) is 35.5 Å².